The molecule has 1 aromatic rings. The van der Waals surface area contributed by atoms with Crippen molar-refractivity contribution in [1.82, 2.24) is 4.98 Å². The van der Waals surface area contributed by atoms with Crippen molar-refractivity contribution in [3.63, 3.8) is 0 Å². The Labute approximate surface area is 92.6 Å². The van der Waals surface area contributed by atoms with E-state index in [0.717, 1.165) is 19.0 Å². The number of alkyl halides is 3. The number of aromatic nitrogens is 1. The minimum Gasteiger partial charge on any atom is -0.488 e. The maximum Gasteiger partial charge on any atom is 0.419 e. The molecule has 15 heavy (non-hydrogen) atoms. The second kappa shape index (κ2) is 3.66. The lowest BCUT2D eigenvalue weighted by Gasteiger charge is -2.12. The molecule has 0 amide bonds. The van der Waals surface area contributed by atoms with Crippen molar-refractivity contribution in [1.29, 1.82) is 0 Å². The second-order valence-corrected chi connectivity index (χ2v) is 4.11. The van der Waals surface area contributed by atoms with E-state index in [0.29, 0.717) is 0 Å². The van der Waals surface area contributed by atoms with Crippen LogP contribution in [0.2, 0.25) is 0 Å². The molecule has 82 valence electrons. The van der Waals surface area contributed by atoms with E-state index in [1.54, 1.807) is 0 Å². The van der Waals surface area contributed by atoms with E-state index in [1.807, 2.05) is 0 Å². The van der Waals surface area contributed by atoms with Gasteiger partial charge >= 0.3 is 6.18 Å². The highest BCUT2D eigenvalue weighted by Gasteiger charge is 2.35. The van der Waals surface area contributed by atoms with E-state index in [9.17, 15) is 13.2 Å². The van der Waals surface area contributed by atoms with Gasteiger partial charge in [-0.05, 0) is 28.8 Å². The van der Waals surface area contributed by atoms with Gasteiger partial charge in [-0.15, -0.1) is 0 Å². The van der Waals surface area contributed by atoms with Crippen molar-refractivity contribution in [2.24, 2.45) is 0 Å². The van der Waals surface area contributed by atoms with Crippen LogP contribution in [0.15, 0.2) is 16.9 Å². The molecule has 2 rings (SSSR count). The maximum absolute atomic E-state index is 12.5. The molecule has 6 heteroatoms. The SMILES string of the molecule is FC(F)(F)c1cncc(OC2CC2)c1Br. The number of hydrogen-bond acceptors (Lipinski definition) is 2. The first-order chi connectivity index (χ1) is 6.98. The minimum absolute atomic E-state index is 0.0478. The molecule has 1 heterocycles. The molecule has 0 radical (unpaired) electrons. The fourth-order valence-electron chi connectivity index (χ4n) is 1.07. The van der Waals surface area contributed by atoms with E-state index in [2.05, 4.69) is 20.9 Å². The van der Waals surface area contributed by atoms with Gasteiger partial charge in [0.1, 0.15) is 0 Å². The smallest absolute Gasteiger partial charge is 0.419 e. The van der Waals surface area contributed by atoms with Gasteiger partial charge in [-0.25, -0.2) is 0 Å². The minimum atomic E-state index is -4.41. The van der Waals surface area contributed by atoms with Crippen LogP contribution in [0.5, 0.6) is 5.75 Å². The largest absolute Gasteiger partial charge is 0.488 e. The molecule has 0 N–H and O–H groups in total. The molecule has 0 aliphatic heterocycles. The molecular formula is C9H7BrF3NO. The zero-order valence-electron chi connectivity index (χ0n) is 7.51. The molecule has 0 atom stereocenters. The Morgan fingerprint density at radius 2 is 2.00 bits per heavy atom. The van der Waals surface area contributed by atoms with Gasteiger partial charge in [0.25, 0.3) is 0 Å². The van der Waals surface area contributed by atoms with E-state index in [-0.39, 0.29) is 16.3 Å². The topological polar surface area (TPSA) is 22.1 Å². The Hall–Kier alpha value is -0.780. The Bertz CT molecular complexity index is 376. The highest BCUT2D eigenvalue weighted by Crippen LogP contribution is 2.40. The van der Waals surface area contributed by atoms with Gasteiger partial charge in [-0.3, -0.25) is 4.98 Å². The lowest BCUT2D eigenvalue weighted by Crippen LogP contribution is -2.08. The Morgan fingerprint density at radius 3 is 2.53 bits per heavy atom. The van der Waals surface area contributed by atoms with Crippen molar-refractivity contribution in [2.75, 3.05) is 0 Å². The third-order valence-corrected chi connectivity index (χ3v) is 2.79. The van der Waals surface area contributed by atoms with Gasteiger partial charge in [0.2, 0.25) is 0 Å². The summed E-state index contributed by atoms with van der Waals surface area (Å²) in [6, 6.07) is 0. The predicted molar refractivity (Wildman–Crippen MR) is 50.6 cm³/mol. The van der Waals surface area contributed by atoms with Crippen LogP contribution in [-0.4, -0.2) is 11.1 Å². The number of ether oxygens (including phenoxy) is 1. The molecule has 1 fully saturated rings. The molecule has 1 aliphatic rings. The van der Waals surface area contributed by atoms with Crippen LogP contribution >= 0.6 is 15.9 Å². The van der Waals surface area contributed by atoms with Gasteiger partial charge in [-0.1, -0.05) is 0 Å². The average Bonchev–Trinajstić information content (AvgIpc) is 2.90. The van der Waals surface area contributed by atoms with Crippen LogP contribution in [0, 0.1) is 0 Å². The van der Waals surface area contributed by atoms with Gasteiger partial charge in [0, 0.05) is 6.20 Å². The van der Waals surface area contributed by atoms with Crippen LogP contribution in [0.3, 0.4) is 0 Å². The molecule has 0 aromatic carbocycles. The first kappa shape index (κ1) is 10.7. The van der Waals surface area contributed by atoms with Gasteiger partial charge in [-0.2, -0.15) is 13.2 Å². The van der Waals surface area contributed by atoms with Crippen molar-refractivity contribution >= 4 is 15.9 Å². The Balaban J connectivity index is 2.31. The van der Waals surface area contributed by atoms with Crippen LogP contribution in [0.1, 0.15) is 18.4 Å². The summed E-state index contributed by atoms with van der Waals surface area (Å²) >= 11 is 2.89. The van der Waals surface area contributed by atoms with Crippen molar-refractivity contribution in [2.45, 2.75) is 25.1 Å². The van der Waals surface area contributed by atoms with Crippen LogP contribution in [-0.2, 0) is 6.18 Å². The van der Waals surface area contributed by atoms with Crippen LogP contribution < -0.4 is 4.74 Å². The molecular weight excluding hydrogens is 275 g/mol. The molecule has 2 nitrogen and oxygen atoms in total. The quantitative estimate of drug-likeness (QED) is 0.829. The van der Waals surface area contributed by atoms with Crippen molar-refractivity contribution < 1.29 is 17.9 Å². The molecule has 1 aliphatic carbocycles. The zero-order valence-corrected chi connectivity index (χ0v) is 9.10. The summed E-state index contributed by atoms with van der Waals surface area (Å²) in [4.78, 5) is 3.52. The summed E-state index contributed by atoms with van der Waals surface area (Å²) in [5, 5.41) is 0. The normalized spacial score (nSPS) is 16.5. The maximum atomic E-state index is 12.5. The summed E-state index contributed by atoms with van der Waals surface area (Å²) < 4.78 is 42.6. The Kier molecular flexibility index (Phi) is 2.62. The highest BCUT2D eigenvalue weighted by atomic mass is 79.9. The monoisotopic (exact) mass is 281 g/mol. The van der Waals surface area contributed by atoms with Gasteiger partial charge in [0.15, 0.2) is 5.75 Å². The zero-order chi connectivity index (χ0) is 11.1. The summed E-state index contributed by atoms with van der Waals surface area (Å²) in [6.07, 6.45) is -0.506. The summed E-state index contributed by atoms with van der Waals surface area (Å²) in [6.45, 7) is 0. The number of nitrogens with zero attached hydrogens (tertiary/aromatic N) is 1. The lowest BCUT2D eigenvalue weighted by atomic mass is 10.3. The molecule has 0 saturated heterocycles. The summed E-state index contributed by atoms with van der Waals surface area (Å²) in [7, 11) is 0. The third-order valence-electron chi connectivity index (χ3n) is 1.97. The van der Waals surface area contributed by atoms with Gasteiger partial charge in [0.05, 0.1) is 22.3 Å². The fraction of sp³-hybridized carbons (Fsp3) is 0.444. The van der Waals surface area contributed by atoms with Crippen molar-refractivity contribution in [3.05, 3.63) is 22.4 Å². The molecule has 1 saturated carbocycles. The summed E-state index contributed by atoms with van der Waals surface area (Å²) in [5.74, 6) is 0.160. The number of hydrogen-bond donors (Lipinski definition) is 0. The van der Waals surface area contributed by atoms with Gasteiger partial charge < -0.3 is 4.74 Å². The van der Waals surface area contributed by atoms with Crippen LogP contribution in [0.25, 0.3) is 0 Å². The highest BCUT2D eigenvalue weighted by molar-refractivity contribution is 9.10. The molecule has 1 aromatic heterocycles. The fourth-order valence-corrected chi connectivity index (χ4v) is 1.59. The van der Waals surface area contributed by atoms with E-state index >= 15 is 0 Å². The predicted octanol–water partition coefficient (Wildman–Crippen LogP) is 3.40. The average molecular weight is 282 g/mol. The summed E-state index contributed by atoms with van der Waals surface area (Å²) in [5.41, 5.74) is -0.805. The number of halogens is 4. The lowest BCUT2D eigenvalue weighted by molar-refractivity contribution is -0.138. The standard InChI is InChI=1S/C9H7BrF3NO/c10-8-6(9(11,12)13)3-14-4-7(8)15-5-1-2-5/h3-5H,1-2H2. The van der Waals surface area contributed by atoms with E-state index in [4.69, 9.17) is 4.74 Å². The Morgan fingerprint density at radius 1 is 1.33 bits per heavy atom. The van der Waals surface area contributed by atoms with Crippen LogP contribution in [0.4, 0.5) is 13.2 Å². The number of rotatable bonds is 2. The molecule has 0 unspecified atom stereocenters. The first-order valence-corrected chi connectivity index (χ1v) is 5.15. The molecule has 0 spiro atoms. The number of pyridine rings is 1. The van der Waals surface area contributed by atoms with E-state index in [1.165, 1.54) is 6.20 Å². The first-order valence-electron chi connectivity index (χ1n) is 4.36. The van der Waals surface area contributed by atoms with Crippen molar-refractivity contribution in [3.8, 4) is 5.75 Å². The third kappa shape index (κ3) is 2.42. The second-order valence-electron chi connectivity index (χ2n) is 3.31. The molecule has 0 bridgehead atoms. The van der Waals surface area contributed by atoms with E-state index < -0.39 is 11.7 Å².